The summed E-state index contributed by atoms with van der Waals surface area (Å²) in [6.45, 7) is 0.833. The number of rotatable bonds is 8. The van der Waals surface area contributed by atoms with Crippen LogP contribution in [0.3, 0.4) is 0 Å². The summed E-state index contributed by atoms with van der Waals surface area (Å²) in [5, 5.41) is 9.23. The van der Waals surface area contributed by atoms with Crippen molar-refractivity contribution in [1.82, 2.24) is 4.90 Å². The van der Waals surface area contributed by atoms with Crippen molar-refractivity contribution in [1.29, 1.82) is 0 Å². The molecule has 0 unspecified atom stereocenters. The number of aliphatic hydroxyl groups excluding tert-OH is 1. The van der Waals surface area contributed by atoms with Gasteiger partial charge in [0.15, 0.2) is 0 Å². The average molecular weight is 392 g/mol. The fourth-order valence-corrected chi connectivity index (χ4v) is 3.08. The van der Waals surface area contributed by atoms with Crippen molar-refractivity contribution in [2.24, 2.45) is 0 Å². The molecular formula is C19H22BrNO3. The molecule has 24 heavy (non-hydrogen) atoms. The highest BCUT2D eigenvalue weighted by Gasteiger charge is 2.14. The van der Waals surface area contributed by atoms with E-state index in [1.807, 2.05) is 48.5 Å². The minimum atomic E-state index is -0.0351. The summed E-state index contributed by atoms with van der Waals surface area (Å²) in [5.74, 6) is 0.816. The Labute approximate surface area is 151 Å². The molecule has 2 aromatic rings. The minimum absolute atomic E-state index is 0.0351. The average Bonchev–Trinajstić information content (AvgIpc) is 2.60. The zero-order valence-electron chi connectivity index (χ0n) is 13.7. The monoisotopic (exact) mass is 391 g/mol. The summed E-state index contributed by atoms with van der Waals surface area (Å²) in [5.41, 5.74) is 2.13. The maximum Gasteiger partial charge on any atom is 0.223 e. The molecular weight excluding hydrogens is 370 g/mol. The number of ether oxygens (including phenoxy) is 1. The predicted octanol–water partition coefficient (Wildman–Crippen LogP) is 3.41. The smallest absolute Gasteiger partial charge is 0.223 e. The van der Waals surface area contributed by atoms with Crippen molar-refractivity contribution in [3.8, 4) is 5.75 Å². The second kappa shape index (κ2) is 9.45. The Morgan fingerprint density at radius 2 is 1.92 bits per heavy atom. The standard InChI is InChI=1S/C19H22BrNO3/c1-24-18-9-7-15(13-17(18)20)8-10-19(23)21(11-12-22)14-16-5-3-2-4-6-16/h2-7,9,13,22H,8,10-12,14H2,1H3. The third-order valence-corrected chi connectivity index (χ3v) is 4.40. The van der Waals surface area contributed by atoms with Crippen molar-refractivity contribution in [3.63, 3.8) is 0 Å². The van der Waals surface area contributed by atoms with Crippen LogP contribution in [-0.4, -0.2) is 36.2 Å². The lowest BCUT2D eigenvalue weighted by molar-refractivity contribution is -0.132. The van der Waals surface area contributed by atoms with Crippen LogP contribution in [0.5, 0.6) is 5.75 Å². The minimum Gasteiger partial charge on any atom is -0.496 e. The van der Waals surface area contributed by atoms with Gasteiger partial charge in [-0.05, 0) is 45.6 Å². The Bertz CT molecular complexity index is 661. The molecule has 0 aliphatic heterocycles. The maximum absolute atomic E-state index is 12.5. The predicted molar refractivity (Wildman–Crippen MR) is 98.0 cm³/mol. The van der Waals surface area contributed by atoms with E-state index in [1.165, 1.54) is 0 Å². The molecule has 2 aromatic carbocycles. The van der Waals surface area contributed by atoms with Crippen molar-refractivity contribution in [2.45, 2.75) is 19.4 Å². The molecule has 0 aliphatic carbocycles. The molecule has 0 saturated heterocycles. The van der Waals surface area contributed by atoms with Gasteiger partial charge in [0.2, 0.25) is 5.91 Å². The van der Waals surface area contributed by atoms with Gasteiger partial charge in [-0.3, -0.25) is 4.79 Å². The lowest BCUT2D eigenvalue weighted by atomic mass is 10.1. The Kier molecular flexibility index (Phi) is 7.28. The highest BCUT2D eigenvalue weighted by Crippen LogP contribution is 2.26. The molecule has 5 heteroatoms. The van der Waals surface area contributed by atoms with Gasteiger partial charge in [-0.15, -0.1) is 0 Å². The van der Waals surface area contributed by atoms with Gasteiger partial charge in [-0.25, -0.2) is 0 Å². The van der Waals surface area contributed by atoms with E-state index in [2.05, 4.69) is 15.9 Å². The number of halogens is 1. The number of methoxy groups -OCH3 is 1. The van der Waals surface area contributed by atoms with Crippen LogP contribution in [0.15, 0.2) is 53.0 Å². The van der Waals surface area contributed by atoms with E-state index in [-0.39, 0.29) is 12.5 Å². The largest absolute Gasteiger partial charge is 0.496 e. The van der Waals surface area contributed by atoms with Crippen molar-refractivity contribution < 1.29 is 14.6 Å². The number of benzene rings is 2. The first-order chi connectivity index (χ1) is 11.6. The van der Waals surface area contributed by atoms with Crippen LogP contribution in [0.25, 0.3) is 0 Å². The molecule has 0 atom stereocenters. The first kappa shape index (κ1) is 18.5. The number of nitrogens with zero attached hydrogens (tertiary/aromatic N) is 1. The van der Waals surface area contributed by atoms with Gasteiger partial charge in [0.1, 0.15) is 5.75 Å². The van der Waals surface area contributed by atoms with Crippen LogP contribution in [0.1, 0.15) is 17.5 Å². The molecule has 4 nitrogen and oxygen atoms in total. The molecule has 0 fully saturated rings. The van der Waals surface area contributed by atoms with Crippen molar-refractivity contribution >= 4 is 21.8 Å². The van der Waals surface area contributed by atoms with Gasteiger partial charge in [-0.1, -0.05) is 36.4 Å². The number of hydrogen-bond acceptors (Lipinski definition) is 3. The third-order valence-electron chi connectivity index (χ3n) is 3.78. The molecule has 1 N–H and O–H groups in total. The van der Waals surface area contributed by atoms with Crippen LogP contribution >= 0.6 is 15.9 Å². The number of hydrogen-bond donors (Lipinski definition) is 1. The quantitative estimate of drug-likeness (QED) is 0.749. The van der Waals surface area contributed by atoms with Crippen molar-refractivity contribution in [3.05, 3.63) is 64.1 Å². The van der Waals surface area contributed by atoms with Crippen LogP contribution < -0.4 is 4.74 Å². The second-order valence-corrected chi connectivity index (χ2v) is 6.35. The van der Waals surface area contributed by atoms with Crippen LogP contribution in [0.4, 0.5) is 0 Å². The van der Waals surface area contributed by atoms with E-state index in [9.17, 15) is 9.90 Å². The van der Waals surface area contributed by atoms with Gasteiger partial charge in [-0.2, -0.15) is 0 Å². The Hall–Kier alpha value is -1.85. The van der Waals surface area contributed by atoms with Gasteiger partial charge in [0.25, 0.3) is 0 Å². The highest BCUT2D eigenvalue weighted by atomic mass is 79.9. The second-order valence-electron chi connectivity index (χ2n) is 5.49. The van der Waals surface area contributed by atoms with E-state index in [1.54, 1.807) is 12.0 Å². The van der Waals surface area contributed by atoms with E-state index >= 15 is 0 Å². The number of aliphatic hydroxyl groups is 1. The fraction of sp³-hybridized carbons (Fsp3) is 0.316. The molecule has 1 amide bonds. The summed E-state index contributed by atoms with van der Waals surface area (Å²) < 4.78 is 6.09. The van der Waals surface area contributed by atoms with Crippen molar-refractivity contribution in [2.75, 3.05) is 20.3 Å². The summed E-state index contributed by atoms with van der Waals surface area (Å²) >= 11 is 3.46. The van der Waals surface area contributed by atoms with Gasteiger partial charge < -0.3 is 14.7 Å². The van der Waals surface area contributed by atoms with E-state index in [4.69, 9.17) is 4.74 Å². The summed E-state index contributed by atoms with van der Waals surface area (Å²) in [4.78, 5) is 14.2. The summed E-state index contributed by atoms with van der Waals surface area (Å²) in [6, 6.07) is 15.6. The SMILES string of the molecule is COc1ccc(CCC(=O)N(CCO)Cc2ccccc2)cc1Br. The highest BCUT2D eigenvalue weighted by molar-refractivity contribution is 9.10. The number of carbonyl (C=O) groups excluding carboxylic acids is 1. The molecule has 0 heterocycles. The molecule has 128 valence electrons. The maximum atomic E-state index is 12.5. The zero-order valence-corrected chi connectivity index (χ0v) is 15.3. The molecule has 0 aromatic heterocycles. The lowest BCUT2D eigenvalue weighted by Gasteiger charge is -2.22. The summed E-state index contributed by atoms with van der Waals surface area (Å²) in [6.07, 6.45) is 1.06. The summed E-state index contributed by atoms with van der Waals surface area (Å²) in [7, 11) is 1.62. The van der Waals surface area contributed by atoms with Crippen LogP contribution in [-0.2, 0) is 17.8 Å². The Balaban J connectivity index is 1.96. The molecule has 0 saturated carbocycles. The molecule has 0 bridgehead atoms. The topological polar surface area (TPSA) is 49.8 Å². The fourth-order valence-electron chi connectivity index (χ4n) is 2.49. The molecule has 2 rings (SSSR count). The number of carbonyl (C=O) groups is 1. The van der Waals surface area contributed by atoms with E-state index in [0.717, 1.165) is 21.3 Å². The molecule has 0 spiro atoms. The molecule has 0 radical (unpaired) electrons. The van der Waals surface area contributed by atoms with Gasteiger partial charge in [0, 0.05) is 19.5 Å². The van der Waals surface area contributed by atoms with Crippen LogP contribution in [0.2, 0.25) is 0 Å². The van der Waals surface area contributed by atoms with Gasteiger partial charge in [0.05, 0.1) is 18.2 Å². The van der Waals surface area contributed by atoms with E-state index < -0.39 is 0 Å². The zero-order chi connectivity index (χ0) is 17.4. The van der Waals surface area contributed by atoms with Crippen LogP contribution in [0, 0.1) is 0 Å². The van der Waals surface area contributed by atoms with E-state index in [0.29, 0.717) is 25.9 Å². The normalized spacial score (nSPS) is 10.5. The Morgan fingerprint density at radius 3 is 2.54 bits per heavy atom. The first-order valence-corrected chi connectivity index (χ1v) is 8.68. The van der Waals surface area contributed by atoms with Gasteiger partial charge >= 0.3 is 0 Å². The first-order valence-electron chi connectivity index (χ1n) is 7.89. The number of aryl methyl sites for hydroxylation is 1. The Morgan fingerprint density at radius 1 is 1.17 bits per heavy atom. The molecule has 0 aliphatic rings. The third kappa shape index (κ3) is 5.35. The number of amides is 1. The lowest BCUT2D eigenvalue weighted by Crippen LogP contribution is -2.33.